The van der Waals surface area contributed by atoms with Crippen LogP contribution in [-0.2, 0) is 24.2 Å². The molecule has 1 aromatic heterocycles. The van der Waals surface area contributed by atoms with Gasteiger partial charge in [0.1, 0.15) is 17.1 Å². The molecule has 0 aliphatic carbocycles. The zero-order chi connectivity index (χ0) is 27.0. The van der Waals surface area contributed by atoms with Crippen molar-refractivity contribution in [2.24, 2.45) is 0 Å². The van der Waals surface area contributed by atoms with Crippen LogP contribution in [0.4, 0.5) is 0 Å². The molecule has 0 aliphatic rings. The zero-order valence-corrected chi connectivity index (χ0v) is 22.1. The monoisotopic (exact) mass is 519 g/mol. The molecule has 0 amide bonds. The van der Waals surface area contributed by atoms with Gasteiger partial charge < -0.3 is 14.3 Å². The highest BCUT2D eigenvalue weighted by Crippen LogP contribution is 2.27. The topological polar surface area (TPSA) is 62.9 Å². The number of hydrogen-bond acceptors (Lipinski definition) is 4. The lowest BCUT2D eigenvalue weighted by Gasteiger charge is -2.28. The Bertz CT molecular complexity index is 1450. The number of benzene rings is 4. The van der Waals surface area contributed by atoms with E-state index in [1.807, 2.05) is 36.4 Å². The minimum atomic E-state index is -0.835. The minimum absolute atomic E-state index is 0.00640. The number of fused-ring (bicyclic) bond motifs is 1. The van der Waals surface area contributed by atoms with Crippen molar-refractivity contribution in [3.63, 3.8) is 0 Å². The van der Waals surface area contributed by atoms with Crippen LogP contribution in [0.5, 0.6) is 5.75 Å². The first-order chi connectivity index (χ1) is 19.1. The standard InChI is InChI=1S/C34H33NO4/c1-38-30-15-12-25(13-16-30)23-35(24-32(27-8-4-2-5-9-27)28-10-6-3-7-11-28)19-18-31-22-29-20-26(21-34(36)37)14-17-33(29)39-31/h2-17,20,22,32H,18-19,21,23-24H2,1H3,(H,36,37). The normalized spacial score (nSPS) is 11.4. The molecule has 0 bridgehead atoms. The first kappa shape index (κ1) is 26.3. The van der Waals surface area contributed by atoms with E-state index < -0.39 is 5.97 Å². The van der Waals surface area contributed by atoms with Gasteiger partial charge in [0, 0.05) is 37.4 Å². The summed E-state index contributed by atoms with van der Waals surface area (Å²) in [4.78, 5) is 13.6. The molecule has 1 heterocycles. The van der Waals surface area contributed by atoms with E-state index in [0.717, 1.165) is 54.1 Å². The molecule has 0 aliphatic heterocycles. The van der Waals surface area contributed by atoms with Crippen LogP contribution in [0.15, 0.2) is 114 Å². The van der Waals surface area contributed by atoms with Crippen LogP contribution in [0, 0.1) is 0 Å². The van der Waals surface area contributed by atoms with Crippen LogP contribution in [0.25, 0.3) is 11.0 Å². The van der Waals surface area contributed by atoms with Crippen molar-refractivity contribution in [1.29, 1.82) is 0 Å². The van der Waals surface area contributed by atoms with Crippen LogP contribution in [0.3, 0.4) is 0 Å². The van der Waals surface area contributed by atoms with E-state index in [0.29, 0.717) is 0 Å². The smallest absolute Gasteiger partial charge is 0.307 e. The molecule has 5 nitrogen and oxygen atoms in total. The Morgan fingerprint density at radius 3 is 2.10 bits per heavy atom. The molecular formula is C34H33NO4. The molecule has 0 radical (unpaired) electrons. The van der Waals surface area contributed by atoms with Crippen molar-refractivity contribution < 1.29 is 19.1 Å². The Labute approximate surface area is 229 Å². The number of hydrogen-bond donors (Lipinski definition) is 1. The second-order valence-electron chi connectivity index (χ2n) is 9.86. The van der Waals surface area contributed by atoms with Crippen molar-refractivity contribution in [3.05, 3.63) is 137 Å². The average molecular weight is 520 g/mol. The molecule has 4 aromatic carbocycles. The molecule has 0 spiro atoms. The molecule has 39 heavy (non-hydrogen) atoms. The summed E-state index contributed by atoms with van der Waals surface area (Å²) < 4.78 is 11.5. The molecule has 0 saturated carbocycles. The van der Waals surface area contributed by atoms with Gasteiger partial charge in [-0.2, -0.15) is 0 Å². The minimum Gasteiger partial charge on any atom is -0.497 e. The maximum absolute atomic E-state index is 11.1. The van der Waals surface area contributed by atoms with E-state index >= 15 is 0 Å². The second-order valence-corrected chi connectivity index (χ2v) is 9.86. The first-order valence-electron chi connectivity index (χ1n) is 13.3. The number of nitrogens with zero attached hydrogens (tertiary/aromatic N) is 1. The first-order valence-corrected chi connectivity index (χ1v) is 13.3. The molecular weight excluding hydrogens is 486 g/mol. The number of carboxylic acids is 1. The maximum Gasteiger partial charge on any atom is 0.307 e. The van der Waals surface area contributed by atoms with Crippen LogP contribution in [-0.4, -0.2) is 36.2 Å². The summed E-state index contributed by atoms with van der Waals surface area (Å²) in [6.07, 6.45) is 0.752. The predicted molar refractivity (Wildman–Crippen MR) is 154 cm³/mol. The fraction of sp³-hybridized carbons (Fsp3) is 0.206. The Balaban J connectivity index is 1.39. The van der Waals surface area contributed by atoms with Crippen LogP contribution >= 0.6 is 0 Å². The largest absolute Gasteiger partial charge is 0.497 e. The van der Waals surface area contributed by atoms with Gasteiger partial charge in [-0.05, 0) is 52.6 Å². The van der Waals surface area contributed by atoms with Crippen molar-refractivity contribution >= 4 is 16.9 Å². The van der Waals surface area contributed by atoms with Crippen LogP contribution in [0.1, 0.15) is 33.9 Å². The van der Waals surface area contributed by atoms with Crippen molar-refractivity contribution in [2.75, 3.05) is 20.2 Å². The van der Waals surface area contributed by atoms with Gasteiger partial charge in [-0.3, -0.25) is 9.69 Å². The molecule has 5 heteroatoms. The van der Waals surface area contributed by atoms with Gasteiger partial charge in [0.05, 0.1) is 13.5 Å². The SMILES string of the molecule is COc1ccc(CN(CCc2cc3cc(CC(=O)O)ccc3o2)CC(c2ccccc2)c2ccccc2)cc1. The van der Waals surface area contributed by atoms with Gasteiger partial charge in [-0.25, -0.2) is 0 Å². The van der Waals surface area contributed by atoms with E-state index in [-0.39, 0.29) is 12.3 Å². The number of rotatable bonds is 12. The summed E-state index contributed by atoms with van der Waals surface area (Å²) in [5.74, 6) is 1.13. The summed E-state index contributed by atoms with van der Waals surface area (Å²) in [6.45, 7) is 2.45. The number of ether oxygens (including phenoxy) is 1. The van der Waals surface area contributed by atoms with Gasteiger partial charge in [0.25, 0.3) is 0 Å². The Hall–Kier alpha value is -4.35. The van der Waals surface area contributed by atoms with E-state index in [9.17, 15) is 4.79 Å². The molecule has 5 rings (SSSR count). The lowest BCUT2D eigenvalue weighted by atomic mass is 9.90. The number of carboxylic acid groups (broad SMARTS) is 1. The highest BCUT2D eigenvalue weighted by atomic mass is 16.5. The summed E-state index contributed by atoms with van der Waals surface area (Å²) in [7, 11) is 1.68. The highest BCUT2D eigenvalue weighted by molar-refractivity contribution is 5.80. The van der Waals surface area contributed by atoms with E-state index in [1.54, 1.807) is 7.11 Å². The van der Waals surface area contributed by atoms with Gasteiger partial charge in [-0.15, -0.1) is 0 Å². The van der Waals surface area contributed by atoms with Crippen molar-refractivity contribution in [1.82, 2.24) is 4.90 Å². The third-order valence-electron chi connectivity index (χ3n) is 7.07. The fourth-order valence-electron chi connectivity index (χ4n) is 5.08. The molecule has 198 valence electrons. The molecule has 0 atom stereocenters. The number of carbonyl (C=O) groups is 1. The predicted octanol–water partition coefficient (Wildman–Crippen LogP) is 6.95. The molecule has 0 saturated heterocycles. The molecule has 0 fully saturated rings. The highest BCUT2D eigenvalue weighted by Gasteiger charge is 2.19. The summed E-state index contributed by atoms with van der Waals surface area (Å²) >= 11 is 0. The Kier molecular flexibility index (Phi) is 8.39. The zero-order valence-electron chi connectivity index (χ0n) is 22.1. The van der Waals surface area contributed by atoms with Crippen molar-refractivity contribution in [3.8, 4) is 5.75 Å². The van der Waals surface area contributed by atoms with E-state index in [2.05, 4.69) is 77.7 Å². The fourth-order valence-corrected chi connectivity index (χ4v) is 5.08. The van der Waals surface area contributed by atoms with E-state index in [1.165, 1.54) is 16.7 Å². The molecule has 1 N–H and O–H groups in total. The van der Waals surface area contributed by atoms with E-state index in [4.69, 9.17) is 14.3 Å². The summed E-state index contributed by atoms with van der Waals surface area (Å²) in [6, 6.07) is 37.3. The van der Waals surface area contributed by atoms with Gasteiger partial charge >= 0.3 is 5.97 Å². The third-order valence-corrected chi connectivity index (χ3v) is 7.07. The van der Waals surface area contributed by atoms with Gasteiger partial charge in [0.2, 0.25) is 0 Å². The third kappa shape index (κ3) is 6.95. The number of methoxy groups -OCH3 is 1. The quantitative estimate of drug-likeness (QED) is 0.193. The Morgan fingerprint density at radius 2 is 1.49 bits per heavy atom. The van der Waals surface area contributed by atoms with Crippen molar-refractivity contribution in [2.45, 2.75) is 25.3 Å². The van der Waals surface area contributed by atoms with Crippen LogP contribution < -0.4 is 4.74 Å². The van der Waals surface area contributed by atoms with Gasteiger partial charge in [0.15, 0.2) is 0 Å². The average Bonchev–Trinajstić information content (AvgIpc) is 3.37. The molecule has 0 unspecified atom stereocenters. The summed E-state index contributed by atoms with van der Waals surface area (Å²) in [5.41, 5.74) is 5.36. The van der Waals surface area contributed by atoms with Crippen LogP contribution in [0.2, 0.25) is 0 Å². The summed E-state index contributed by atoms with van der Waals surface area (Å²) in [5, 5.41) is 10.1. The number of aliphatic carboxylic acids is 1. The maximum atomic E-state index is 11.1. The molecule has 5 aromatic rings. The lowest BCUT2D eigenvalue weighted by molar-refractivity contribution is -0.136. The lowest BCUT2D eigenvalue weighted by Crippen LogP contribution is -2.31. The Morgan fingerprint density at radius 1 is 0.846 bits per heavy atom. The second kappa shape index (κ2) is 12.5. The number of furan rings is 1. The van der Waals surface area contributed by atoms with Gasteiger partial charge in [-0.1, -0.05) is 78.9 Å².